The van der Waals surface area contributed by atoms with Crippen molar-refractivity contribution in [2.75, 3.05) is 18.4 Å². The van der Waals surface area contributed by atoms with Gasteiger partial charge in [-0.1, -0.05) is 25.7 Å². The van der Waals surface area contributed by atoms with Crippen LogP contribution in [0.4, 0.5) is 5.82 Å². The number of carbonyl (C=O) groups is 1. The number of anilines is 1. The Hall–Kier alpha value is -1.65. The van der Waals surface area contributed by atoms with Crippen LogP contribution in [0.3, 0.4) is 0 Å². The summed E-state index contributed by atoms with van der Waals surface area (Å²) in [6.45, 7) is 3.57. The van der Waals surface area contributed by atoms with Crippen LogP contribution >= 0.6 is 0 Å². The fourth-order valence-corrected chi connectivity index (χ4v) is 3.47. The van der Waals surface area contributed by atoms with Crippen molar-refractivity contribution in [2.45, 2.75) is 64.3 Å². The first-order valence-electron chi connectivity index (χ1n) is 8.64. The van der Waals surface area contributed by atoms with E-state index in [1.165, 1.54) is 38.5 Å². The van der Waals surface area contributed by atoms with E-state index < -0.39 is 0 Å². The molecule has 1 aromatic rings. The second kappa shape index (κ2) is 7.07. The monoisotopic (exact) mass is 302 g/mol. The van der Waals surface area contributed by atoms with Crippen molar-refractivity contribution in [3.8, 4) is 0 Å². The Kier molecular flexibility index (Phi) is 4.90. The van der Waals surface area contributed by atoms with Crippen LogP contribution in [0.5, 0.6) is 0 Å². The number of aryl methyl sites for hydroxylation is 1. The Morgan fingerprint density at radius 2 is 1.77 bits per heavy atom. The lowest BCUT2D eigenvalue weighted by Gasteiger charge is -2.19. The molecule has 1 N–H and O–H groups in total. The molecule has 1 aliphatic carbocycles. The molecular formula is C17H26N4O. The lowest BCUT2D eigenvalue weighted by Crippen LogP contribution is -2.29. The Morgan fingerprint density at radius 1 is 1.09 bits per heavy atom. The molecule has 1 saturated carbocycles. The highest BCUT2D eigenvalue weighted by molar-refractivity contribution is 5.93. The maximum absolute atomic E-state index is 12.5. The summed E-state index contributed by atoms with van der Waals surface area (Å²) in [4.78, 5) is 23.2. The lowest BCUT2D eigenvalue weighted by molar-refractivity contribution is 0.0786. The molecule has 2 aliphatic rings. The summed E-state index contributed by atoms with van der Waals surface area (Å²) in [5, 5.41) is 3.53. The maximum Gasteiger partial charge on any atom is 0.272 e. The normalized spacial score (nSPS) is 20.0. The quantitative estimate of drug-likeness (QED) is 0.871. The molecule has 0 radical (unpaired) electrons. The molecule has 0 unspecified atom stereocenters. The Labute approximate surface area is 132 Å². The van der Waals surface area contributed by atoms with Gasteiger partial charge in [0.1, 0.15) is 17.3 Å². The minimum atomic E-state index is 0.0481. The number of hydrogen-bond acceptors (Lipinski definition) is 4. The molecule has 3 rings (SSSR count). The van der Waals surface area contributed by atoms with E-state index in [2.05, 4.69) is 15.3 Å². The number of carbonyl (C=O) groups excluding carboxylic acids is 1. The van der Waals surface area contributed by atoms with E-state index in [0.717, 1.165) is 31.7 Å². The molecule has 2 fully saturated rings. The van der Waals surface area contributed by atoms with Crippen LogP contribution in [0.15, 0.2) is 6.07 Å². The van der Waals surface area contributed by atoms with Crippen molar-refractivity contribution in [3.63, 3.8) is 0 Å². The number of aromatic nitrogens is 2. The number of hydrogen-bond donors (Lipinski definition) is 1. The van der Waals surface area contributed by atoms with Crippen LogP contribution in [0.2, 0.25) is 0 Å². The number of amides is 1. The summed E-state index contributed by atoms with van der Waals surface area (Å²) < 4.78 is 0. The maximum atomic E-state index is 12.5. The average Bonchev–Trinajstić information content (AvgIpc) is 2.92. The molecule has 1 saturated heterocycles. The van der Waals surface area contributed by atoms with Gasteiger partial charge in [0.2, 0.25) is 0 Å². The number of likely N-dealkylation sites (tertiary alicyclic amines) is 1. The molecule has 22 heavy (non-hydrogen) atoms. The SMILES string of the molecule is Cc1nc(NC2CCCCCC2)cc(C(=O)N2CCCC2)n1. The zero-order chi connectivity index (χ0) is 15.4. The zero-order valence-corrected chi connectivity index (χ0v) is 13.5. The highest BCUT2D eigenvalue weighted by Crippen LogP contribution is 2.21. The molecule has 1 amide bonds. The number of nitrogens with one attached hydrogen (secondary N) is 1. The second-order valence-corrected chi connectivity index (χ2v) is 6.52. The molecule has 120 valence electrons. The van der Waals surface area contributed by atoms with Crippen LogP contribution in [0, 0.1) is 6.92 Å². The molecule has 2 heterocycles. The minimum Gasteiger partial charge on any atom is -0.367 e. The third-order valence-corrected chi connectivity index (χ3v) is 4.66. The number of nitrogens with zero attached hydrogens (tertiary/aromatic N) is 3. The van der Waals surface area contributed by atoms with Gasteiger partial charge in [-0.25, -0.2) is 9.97 Å². The van der Waals surface area contributed by atoms with E-state index in [9.17, 15) is 4.79 Å². The average molecular weight is 302 g/mol. The minimum absolute atomic E-state index is 0.0481. The van der Waals surface area contributed by atoms with Crippen LogP contribution < -0.4 is 5.32 Å². The van der Waals surface area contributed by atoms with E-state index in [-0.39, 0.29) is 5.91 Å². The van der Waals surface area contributed by atoms with Gasteiger partial charge in [0.05, 0.1) is 0 Å². The summed E-state index contributed by atoms with van der Waals surface area (Å²) in [6.07, 6.45) is 9.81. The van der Waals surface area contributed by atoms with Crippen molar-refractivity contribution >= 4 is 11.7 Å². The van der Waals surface area contributed by atoms with Gasteiger partial charge in [-0.2, -0.15) is 0 Å². The molecule has 5 heteroatoms. The van der Waals surface area contributed by atoms with E-state index >= 15 is 0 Å². The van der Waals surface area contributed by atoms with Crippen LogP contribution in [-0.4, -0.2) is 39.9 Å². The van der Waals surface area contributed by atoms with Gasteiger partial charge in [0, 0.05) is 25.2 Å². The molecule has 0 bridgehead atoms. The molecule has 1 aliphatic heterocycles. The van der Waals surface area contributed by atoms with Gasteiger partial charge in [0.25, 0.3) is 5.91 Å². The highest BCUT2D eigenvalue weighted by Gasteiger charge is 2.22. The van der Waals surface area contributed by atoms with Crippen molar-refractivity contribution < 1.29 is 4.79 Å². The zero-order valence-electron chi connectivity index (χ0n) is 13.5. The van der Waals surface area contributed by atoms with Crippen molar-refractivity contribution in [1.29, 1.82) is 0 Å². The van der Waals surface area contributed by atoms with Crippen LogP contribution in [0.1, 0.15) is 67.7 Å². The summed E-state index contributed by atoms with van der Waals surface area (Å²) in [5.74, 6) is 1.52. The molecule has 0 atom stereocenters. The Morgan fingerprint density at radius 3 is 2.45 bits per heavy atom. The van der Waals surface area contributed by atoms with E-state index in [1.807, 2.05) is 17.9 Å². The summed E-state index contributed by atoms with van der Waals surface area (Å²) in [6, 6.07) is 2.31. The van der Waals surface area contributed by atoms with E-state index in [0.29, 0.717) is 17.6 Å². The van der Waals surface area contributed by atoms with Crippen molar-refractivity contribution in [1.82, 2.24) is 14.9 Å². The largest absolute Gasteiger partial charge is 0.367 e. The van der Waals surface area contributed by atoms with Crippen molar-refractivity contribution in [2.24, 2.45) is 0 Å². The summed E-state index contributed by atoms with van der Waals surface area (Å²) >= 11 is 0. The molecular weight excluding hydrogens is 276 g/mol. The van der Waals surface area contributed by atoms with Crippen LogP contribution in [0.25, 0.3) is 0 Å². The van der Waals surface area contributed by atoms with Gasteiger partial charge < -0.3 is 10.2 Å². The standard InChI is InChI=1S/C17H26N4O/c1-13-18-15(17(22)21-10-6-7-11-21)12-16(19-13)20-14-8-4-2-3-5-9-14/h12,14H,2-11H2,1H3,(H,18,19,20). The van der Waals surface area contributed by atoms with E-state index in [1.54, 1.807) is 0 Å². The van der Waals surface area contributed by atoms with Gasteiger partial charge in [-0.05, 0) is 32.6 Å². The molecule has 0 aromatic carbocycles. The summed E-state index contributed by atoms with van der Waals surface area (Å²) in [7, 11) is 0. The smallest absolute Gasteiger partial charge is 0.272 e. The Bertz CT molecular complexity index is 517. The van der Waals surface area contributed by atoms with Gasteiger partial charge in [0.15, 0.2) is 0 Å². The predicted molar refractivity (Wildman–Crippen MR) is 87.0 cm³/mol. The third-order valence-electron chi connectivity index (χ3n) is 4.66. The fourth-order valence-electron chi connectivity index (χ4n) is 3.47. The predicted octanol–water partition coefficient (Wildman–Crippen LogP) is 3.16. The Balaban J connectivity index is 1.72. The molecule has 0 spiro atoms. The first-order chi connectivity index (χ1) is 10.7. The first kappa shape index (κ1) is 15.3. The molecule has 1 aromatic heterocycles. The summed E-state index contributed by atoms with van der Waals surface area (Å²) in [5.41, 5.74) is 0.533. The van der Waals surface area contributed by atoms with Gasteiger partial charge >= 0.3 is 0 Å². The second-order valence-electron chi connectivity index (χ2n) is 6.52. The van der Waals surface area contributed by atoms with Crippen molar-refractivity contribution in [3.05, 3.63) is 17.6 Å². The van der Waals surface area contributed by atoms with E-state index in [4.69, 9.17) is 0 Å². The lowest BCUT2D eigenvalue weighted by atomic mass is 10.1. The number of rotatable bonds is 3. The van der Waals surface area contributed by atoms with Crippen LogP contribution in [-0.2, 0) is 0 Å². The van der Waals surface area contributed by atoms with Gasteiger partial charge in [-0.15, -0.1) is 0 Å². The molecule has 5 nitrogen and oxygen atoms in total. The highest BCUT2D eigenvalue weighted by atomic mass is 16.2. The fraction of sp³-hybridized carbons (Fsp3) is 0.706. The topological polar surface area (TPSA) is 58.1 Å². The first-order valence-corrected chi connectivity index (χ1v) is 8.64. The van der Waals surface area contributed by atoms with Gasteiger partial charge in [-0.3, -0.25) is 4.79 Å². The third kappa shape index (κ3) is 3.76.